The number of anilines is 1. The molecule has 54 valence electrons. The minimum atomic E-state index is 1.07. The Labute approximate surface area is 64.4 Å². The molecule has 0 bridgehead atoms. The highest BCUT2D eigenvalue weighted by molar-refractivity contribution is 7.10. The van der Waals surface area contributed by atoms with E-state index in [0.717, 1.165) is 6.54 Å². The number of nitrogens with zero attached hydrogens (tertiary/aromatic N) is 1. The molecule has 1 N–H and O–H groups in total. The van der Waals surface area contributed by atoms with Crippen LogP contribution in [0, 0.1) is 0 Å². The van der Waals surface area contributed by atoms with Crippen LogP contribution in [-0.4, -0.2) is 13.6 Å². The standard InChI is InChI=1S/C7H10N2S/c1-9-6-3-5-10-7(6)2-4-8-9/h3,5,8H,2,4H2,1H3. The summed E-state index contributed by atoms with van der Waals surface area (Å²) in [5.74, 6) is 0. The molecule has 1 aliphatic heterocycles. The summed E-state index contributed by atoms with van der Waals surface area (Å²) in [6, 6.07) is 2.16. The van der Waals surface area contributed by atoms with Crippen LogP contribution in [-0.2, 0) is 6.42 Å². The summed E-state index contributed by atoms with van der Waals surface area (Å²) in [4.78, 5) is 1.50. The van der Waals surface area contributed by atoms with Crippen molar-refractivity contribution in [2.75, 3.05) is 18.6 Å². The zero-order valence-electron chi connectivity index (χ0n) is 5.92. The van der Waals surface area contributed by atoms with Gasteiger partial charge in [-0.15, -0.1) is 11.3 Å². The monoisotopic (exact) mass is 154 g/mol. The summed E-state index contributed by atoms with van der Waals surface area (Å²) in [6.45, 7) is 1.07. The van der Waals surface area contributed by atoms with Gasteiger partial charge >= 0.3 is 0 Å². The minimum absolute atomic E-state index is 1.07. The molecule has 2 nitrogen and oxygen atoms in total. The van der Waals surface area contributed by atoms with Crippen LogP contribution >= 0.6 is 11.3 Å². The predicted octanol–water partition coefficient (Wildman–Crippen LogP) is 1.24. The maximum Gasteiger partial charge on any atom is 0.0655 e. The number of hydrogen-bond donors (Lipinski definition) is 1. The Bertz CT molecular complexity index is 231. The molecule has 0 aromatic carbocycles. The number of hydrazine groups is 1. The fourth-order valence-electron chi connectivity index (χ4n) is 1.24. The Morgan fingerprint density at radius 3 is 3.40 bits per heavy atom. The number of fused-ring (bicyclic) bond motifs is 1. The molecular formula is C7H10N2S. The van der Waals surface area contributed by atoms with Crippen molar-refractivity contribution in [3.63, 3.8) is 0 Å². The van der Waals surface area contributed by atoms with E-state index in [-0.39, 0.29) is 0 Å². The van der Waals surface area contributed by atoms with E-state index in [9.17, 15) is 0 Å². The zero-order valence-corrected chi connectivity index (χ0v) is 6.74. The molecule has 2 heterocycles. The second kappa shape index (κ2) is 2.25. The van der Waals surface area contributed by atoms with Crippen molar-refractivity contribution in [1.82, 2.24) is 5.43 Å². The van der Waals surface area contributed by atoms with E-state index >= 15 is 0 Å². The van der Waals surface area contributed by atoms with Gasteiger partial charge in [-0.3, -0.25) is 0 Å². The van der Waals surface area contributed by atoms with Crippen LogP contribution in [0.4, 0.5) is 5.69 Å². The van der Waals surface area contributed by atoms with Crippen molar-refractivity contribution >= 4 is 17.0 Å². The van der Waals surface area contributed by atoms with Gasteiger partial charge in [0.25, 0.3) is 0 Å². The van der Waals surface area contributed by atoms with E-state index in [2.05, 4.69) is 28.9 Å². The lowest BCUT2D eigenvalue weighted by atomic mass is 10.2. The smallest absolute Gasteiger partial charge is 0.0655 e. The first kappa shape index (κ1) is 6.19. The summed E-state index contributed by atoms with van der Waals surface area (Å²) in [7, 11) is 2.06. The van der Waals surface area contributed by atoms with Crippen molar-refractivity contribution in [3.05, 3.63) is 16.3 Å². The molecule has 0 aliphatic carbocycles. The Balaban J connectivity index is 2.41. The van der Waals surface area contributed by atoms with Crippen LogP contribution < -0.4 is 10.4 Å². The van der Waals surface area contributed by atoms with Crippen LogP contribution in [0.3, 0.4) is 0 Å². The summed E-state index contributed by atoms with van der Waals surface area (Å²) < 4.78 is 0. The molecule has 0 fully saturated rings. The van der Waals surface area contributed by atoms with Gasteiger partial charge in [0.05, 0.1) is 5.69 Å². The number of nitrogens with one attached hydrogen (secondary N) is 1. The van der Waals surface area contributed by atoms with E-state index in [1.165, 1.54) is 17.0 Å². The van der Waals surface area contributed by atoms with Crippen molar-refractivity contribution < 1.29 is 0 Å². The molecule has 0 saturated carbocycles. The van der Waals surface area contributed by atoms with Gasteiger partial charge in [0, 0.05) is 18.5 Å². The molecule has 1 aromatic heterocycles. The second-order valence-corrected chi connectivity index (χ2v) is 3.45. The molecule has 3 heteroatoms. The average molecular weight is 154 g/mol. The van der Waals surface area contributed by atoms with E-state index in [1.807, 2.05) is 11.3 Å². The molecule has 1 aromatic rings. The van der Waals surface area contributed by atoms with Gasteiger partial charge in [0.15, 0.2) is 0 Å². The highest BCUT2D eigenvalue weighted by atomic mass is 32.1. The Morgan fingerprint density at radius 1 is 1.70 bits per heavy atom. The van der Waals surface area contributed by atoms with Crippen LogP contribution in [0.1, 0.15) is 4.88 Å². The third kappa shape index (κ3) is 0.822. The lowest BCUT2D eigenvalue weighted by Crippen LogP contribution is -2.39. The maximum absolute atomic E-state index is 3.26. The lowest BCUT2D eigenvalue weighted by Gasteiger charge is -2.25. The van der Waals surface area contributed by atoms with Gasteiger partial charge in [-0.2, -0.15) is 0 Å². The molecule has 0 atom stereocenters. The molecular weight excluding hydrogens is 144 g/mol. The molecule has 1 aliphatic rings. The molecule has 2 rings (SSSR count). The molecule has 0 unspecified atom stereocenters. The quantitative estimate of drug-likeness (QED) is 0.605. The number of thiophene rings is 1. The van der Waals surface area contributed by atoms with Crippen LogP contribution in [0.2, 0.25) is 0 Å². The highest BCUT2D eigenvalue weighted by Gasteiger charge is 2.12. The Morgan fingerprint density at radius 2 is 2.60 bits per heavy atom. The third-order valence-electron chi connectivity index (χ3n) is 1.78. The van der Waals surface area contributed by atoms with Gasteiger partial charge in [-0.25, -0.2) is 5.43 Å². The molecule has 0 amide bonds. The van der Waals surface area contributed by atoms with Crippen LogP contribution in [0.15, 0.2) is 11.4 Å². The van der Waals surface area contributed by atoms with Gasteiger partial charge < -0.3 is 5.01 Å². The lowest BCUT2D eigenvalue weighted by molar-refractivity contribution is 0.648. The Kier molecular flexibility index (Phi) is 1.39. The average Bonchev–Trinajstić information content (AvgIpc) is 2.36. The molecule has 0 spiro atoms. The van der Waals surface area contributed by atoms with Gasteiger partial charge in [0.1, 0.15) is 0 Å². The topological polar surface area (TPSA) is 15.3 Å². The molecule has 10 heavy (non-hydrogen) atoms. The molecule has 0 saturated heterocycles. The summed E-state index contributed by atoms with van der Waals surface area (Å²) in [6.07, 6.45) is 1.18. The van der Waals surface area contributed by atoms with Crippen molar-refractivity contribution in [3.8, 4) is 0 Å². The fraction of sp³-hybridized carbons (Fsp3) is 0.429. The first-order valence-electron chi connectivity index (χ1n) is 3.41. The van der Waals surface area contributed by atoms with Gasteiger partial charge in [-0.1, -0.05) is 0 Å². The first-order chi connectivity index (χ1) is 4.88. The van der Waals surface area contributed by atoms with E-state index < -0.39 is 0 Å². The second-order valence-electron chi connectivity index (χ2n) is 2.45. The SMILES string of the molecule is CN1NCCc2sccc21. The van der Waals surface area contributed by atoms with E-state index in [0.29, 0.717) is 0 Å². The van der Waals surface area contributed by atoms with Crippen LogP contribution in [0.5, 0.6) is 0 Å². The molecule has 0 radical (unpaired) electrons. The van der Waals surface area contributed by atoms with Crippen molar-refractivity contribution in [1.29, 1.82) is 0 Å². The fourth-order valence-corrected chi connectivity index (χ4v) is 2.15. The van der Waals surface area contributed by atoms with Gasteiger partial charge in [-0.05, 0) is 17.9 Å². The summed E-state index contributed by atoms with van der Waals surface area (Å²) in [5.41, 5.74) is 4.61. The van der Waals surface area contributed by atoms with Gasteiger partial charge in [0.2, 0.25) is 0 Å². The number of hydrogen-bond acceptors (Lipinski definition) is 3. The summed E-state index contributed by atoms with van der Waals surface area (Å²) >= 11 is 1.85. The summed E-state index contributed by atoms with van der Waals surface area (Å²) in [5, 5.41) is 4.24. The zero-order chi connectivity index (χ0) is 6.97. The largest absolute Gasteiger partial charge is 0.310 e. The first-order valence-corrected chi connectivity index (χ1v) is 4.29. The van der Waals surface area contributed by atoms with Crippen molar-refractivity contribution in [2.45, 2.75) is 6.42 Å². The third-order valence-corrected chi connectivity index (χ3v) is 2.75. The normalized spacial score (nSPS) is 17.1. The Hall–Kier alpha value is -0.540. The predicted molar refractivity (Wildman–Crippen MR) is 44.4 cm³/mol. The van der Waals surface area contributed by atoms with Crippen molar-refractivity contribution in [2.24, 2.45) is 0 Å². The number of rotatable bonds is 0. The minimum Gasteiger partial charge on any atom is -0.310 e. The van der Waals surface area contributed by atoms with E-state index in [4.69, 9.17) is 0 Å². The highest BCUT2D eigenvalue weighted by Crippen LogP contribution is 2.26. The van der Waals surface area contributed by atoms with E-state index in [1.54, 1.807) is 0 Å². The van der Waals surface area contributed by atoms with Crippen LogP contribution in [0.25, 0.3) is 0 Å². The maximum atomic E-state index is 3.26.